The van der Waals surface area contributed by atoms with Gasteiger partial charge in [0.2, 0.25) is 0 Å². The molecule has 0 N–H and O–H groups in total. The maximum atomic E-state index is 11.5. The Hall–Kier alpha value is -2.47. The standard InChI is InChI=1S/C13H9ClN4O2/c1-20-12(19)11-16-13-15-6-5-10(18(13)17-11)8-3-2-4-9(14)7-8/h2-7H,1H3. The first-order valence-electron chi connectivity index (χ1n) is 5.75. The normalized spacial score (nSPS) is 10.7. The van der Waals surface area contributed by atoms with Crippen molar-refractivity contribution in [2.24, 2.45) is 0 Å². The lowest BCUT2D eigenvalue weighted by Gasteiger charge is -2.03. The van der Waals surface area contributed by atoms with Crippen LogP contribution in [0.2, 0.25) is 5.02 Å². The summed E-state index contributed by atoms with van der Waals surface area (Å²) in [5.41, 5.74) is 1.59. The summed E-state index contributed by atoms with van der Waals surface area (Å²) >= 11 is 5.99. The van der Waals surface area contributed by atoms with Gasteiger partial charge in [-0.25, -0.2) is 9.78 Å². The average Bonchev–Trinajstić information content (AvgIpc) is 2.90. The lowest BCUT2D eigenvalue weighted by molar-refractivity contribution is 0.0587. The van der Waals surface area contributed by atoms with Crippen LogP contribution in [0.4, 0.5) is 0 Å². The zero-order valence-corrected chi connectivity index (χ0v) is 11.2. The lowest BCUT2D eigenvalue weighted by Crippen LogP contribution is -2.04. The minimum absolute atomic E-state index is 0.0329. The van der Waals surface area contributed by atoms with Gasteiger partial charge in [0, 0.05) is 16.8 Å². The number of methoxy groups -OCH3 is 1. The molecule has 3 aromatic rings. The molecular formula is C13H9ClN4O2. The average molecular weight is 289 g/mol. The minimum atomic E-state index is -0.604. The zero-order chi connectivity index (χ0) is 14.1. The van der Waals surface area contributed by atoms with Crippen LogP contribution in [0.15, 0.2) is 36.5 Å². The van der Waals surface area contributed by atoms with E-state index in [2.05, 4.69) is 19.8 Å². The van der Waals surface area contributed by atoms with E-state index < -0.39 is 5.97 Å². The third kappa shape index (κ3) is 2.10. The maximum absolute atomic E-state index is 11.5. The zero-order valence-electron chi connectivity index (χ0n) is 10.4. The van der Waals surface area contributed by atoms with E-state index in [1.165, 1.54) is 11.6 Å². The molecule has 3 rings (SSSR count). The Bertz CT molecular complexity index is 800. The van der Waals surface area contributed by atoms with Crippen LogP contribution in [0.25, 0.3) is 17.0 Å². The van der Waals surface area contributed by atoms with Gasteiger partial charge in [-0.05, 0) is 18.2 Å². The summed E-state index contributed by atoms with van der Waals surface area (Å²) < 4.78 is 6.09. The van der Waals surface area contributed by atoms with Crippen LogP contribution >= 0.6 is 11.6 Å². The van der Waals surface area contributed by atoms with Crippen LogP contribution < -0.4 is 0 Å². The molecule has 0 bridgehead atoms. The first-order valence-corrected chi connectivity index (χ1v) is 6.13. The van der Waals surface area contributed by atoms with Crippen LogP contribution in [-0.2, 0) is 4.74 Å². The summed E-state index contributed by atoms with van der Waals surface area (Å²) in [5, 5.41) is 4.73. The molecule has 6 nitrogen and oxygen atoms in total. The monoisotopic (exact) mass is 288 g/mol. The van der Waals surface area contributed by atoms with Crippen LogP contribution in [-0.4, -0.2) is 32.7 Å². The second-order valence-electron chi connectivity index (χ2n) is 3.98. The van der Waals surface area contributed by atoms with Gasteiger partial charge in [-0.3, -0.25) is 0 Å². The van der Waals surface area contributed by atoms with Crippen molar-refractivity contribution in [1.29, 1.82) is 0 Å². The van der Waals surface area contributed by atoms with Crippen LogP contribution in [0.3, 0.4) is 0 Å². The van der Waals surface area contributed by atoms with Crippen molar-refractivity contribution in [1.82, 2.24) is 19.6 Å². The summed E-state index contributed by atoms with van der Waals surface area (Å²) in [7, 11) is 1.28. The van der Waals surface area contributed by atoms with Gasteiger partial charge >= 0.3 is 5.97 Å². The van der Waals surface area contributed by atoms with Crippen molar-refractivity contribution in [2.45, 2.75) is 0 Å². The number of esters is 1. The van der Waals surface area contributed by atoms with Gasteiger partial charge in [0.25, 0.3) is 11.6 Å². The molecule has 0 radical (unpaired) electrons. The highest BCUT2D eigenvalue weighted by Crippen LogP contribution is 2.22. The molecule has 0 aliphatic rings. The van der Waals surface area contributed by atoms with Crippen molar-refractivity contribution < 1.29 is 9.53 Å². The Kier molecular flexibility index (Phi) is 3.08. The first-order chi connectivity index (χ1) is 9.69. The molecule has 0 amide bonds. The number of hydrogen-bond donors (Lipinski definition) is 0. The quantitative estimate of drug-likeness (QED) is 0.676. The molecule has 0 unspecified atom stereocenters. The van der Waals surface area contributed by atoms with E-state index >= 15 is 0 Å². The van der Waals surface area contributed by atoms with Crippen molar-refractivity contribution in [2.75, 3.05) is 7.11 Å². The highest BCUT2D eigenvalue weighted by molar-refractivity contribution is 6.30. The molecule has 100 valence electrons. The van der Waals surface area contributed by atoms with Crippen LogP contribution in [0.1, 0.15) is 10.6 Å². The summed E-state index contributed by atoms with van der Waals surface area (Å²) in [5.74, 6) is -0.315. The molecule has 2 aromatic heterocycles. The molecule has 0 fully saturated rings. The fraction of sp³-hybridized carbons (Fsp3) is 0.0769. The summed E-state index contributed by atoms with van der Waals surface area (Å²) in [6.07, 6.45) is 1.60. The molecule has 2 heterocycles. The molecule has 20 heavy (non-hydrogen) atoms. The number of halogens is 1. The summed E-state index contributed by atoms with van der Waals surface area (Å²) in [6, 6.07) is 9.08. The number of nitrogens with zero attached hydrogens (tertiary/aromatic N) is 4. The van der Waals surface area contributed by atoms with Crippen molar-refractivity contribution in [3.8, 4) is 11.3 Å². The van der Waals surface area contributed by atoms with Gasteiger partial charge in [0.1, 0.15) is 0 Å². The second-order valence-corrected chi connectivity index (χ2v) is 4.42. The molecule has 0 aliphatic carbocycles. The fourth-order valence-corrected chi connectivity index (χ4v) is 2.03. The van der Waals surface area contributed by atoms with E-state index in [0.717, 1.165) is 11.3 Å². The molecule has 0 aliphatic heterocycles. The number of fused-ring (bicyclic) bond motifs is 1. The van der Waals surface area contributed by atoms with E-state index in [1.54, 1.807) is 24.4 Å². The fourth-order valence-electron chi connectivity index (χ4n) is 1.84. The topological polar surface area (TPSA) is 69.4 Å². The minimum Gasteiger partial charge on any atom is -0.463 e. The van der Waals surface area contributed by atoms with Crippen LogP contribution in [0, 0.1) is 0 Å². The number of hydrogen-bond acceptors (Lipinski definition) is 5. The van der Waals surface area contributed by atoms with Gasteiger partial charge in [-0.15, -0.1) is 5.10 Å². The van der Waals surface area contributed by atoms with Crippen LogP contribution in [0.5, 0.6) is 0 Å². The van der Waals surface area contributed by atoms with Gasteiger partial charge in [-0.1, -0.05) is 23.7 Å². The van der Waals surface area contributed by atoms with Gasteiger partial charge in [0.15, 0.2) is 0 Å². The molecule has 0 atom stereocenters. The third-order valence-electron chi connectivity index (χ3n) is 2.73. The Morgan fingerprint density at radius 2 is 2.20 bits per heavy atom. The molecule has 1 aromatic carbocycles. The van der Waals surface area contributed by atoms with Crippen molar-refractivity contribution in [3.63, 3.8) is 0 Å². The molecule has 0 spiro atoms. The number of aromatic nitrogens is 4. The number of carbonyl (C=O) groups excluding carboxylic acids is 1. The second kappa shape index (κ2) is 4.90. The van der Waals surface area contributed by atoms with Gasteiger partial charge in [0.05, 0.1) is 12.8 Å². The predicted octanol–water partition coefficient (Wildman–Crippen LogP) is 2.23. The Balaban J connectivity index is 2.21. The SMILES string of the molecule is COC(=O)c1nc2nccc(-c3cccc(Cl)c3)n2n1. The van der Waals surface area contributed by atoms with E-state index in [9.17, 15) is 4.79 Å². The first kappa shape index (κ1) is 12.6. The number of benzene rings is 1. The van der Waals surface area contributed by atoms with E-state index in [-0.39, 0.29) is 5.82 Å². The molecular weight excluding hydrogens is 280 g/mol. The van der Waals surface area contributed by atoms with E-state index in [4.69, 9.17) is 11.6 Å². The Morgan fingerprint density at radius 3 is 2.95 bits per heavy atom. The highest BCUT2D eigenvalue weighted by atomic mass is 35.5. The summed E-state index contributed by atoms with van der Waals surface area (Å²) in [6.45, 7) is 0. The molecule has 0 saturated heterocycles. The number of ether oxygens (including phenoxy) is 1. The lowest BCUT2D eigenvalue weighted by atomic mass is 10.1. The van der Waals surface area contributed by atoms with Crippen molar-refractivity contribution in [3.05, 3.63) is 47.4 Å². The summed E-state index contributed by atoms with van der Waals surface area (Å²) in [4.78, 5) is 19.6. The predicted molar refractivity (Wildman–Crippen MR) is 72.6 cm³/mol. The Morgan fingerprint density at radius 1 is 1.35 bits per heavy atom. The smallest absolute Gasteiger partial charge is 0.378 e. The molecule has 7 heteroatoms. The maximum Gasteiger partial charge on any atom is 0.378 e. The number of rotatable bonds is 2. The van der Waals surface area contributed by atoms with Gasteiger partial charge < -0.3 is 4.74 Å². The van der Waals surface area contributed by atoms with Gasteiger partial charge in [-0.2, -0.15) is 9.50 Å². The highest BCUT2D eigenvalue weighted by Gasteiger charge is 2.15. The largest absolute Gasteiger partial charge is 0.463 e. The molecule has 0 saturated carbocycles. The van der Waals surface area contributed by atoms with E-state index in [0.29, 0.717) is 10.8 Å². The van der Waals surface area contributed by atoms with Crippen molar-refractivity contribution >= 4 is 23.3 Å². The number of carbonyl (C=O) groups is 1. The van der Waals surface area contributed by atoms with E-state index in [1.807, 2.05) is 12.1 Å². The Labute approximate surface area is 119 Å². The third-order valence-corrected chi connectivity index (χ3v) is 2.96.